The van der Waals surface area contributed by atoms with Crippen molar-refractivity contribution in [1.29, 1.82) is 0 Å². The van der Waals surface area contributed by atoms with Crippen molar-refractivity contribution in [3.63, 3.8) is 0 Å². The van der Waals surface area contributed by atoms with Crippen molar-refractivity contribution in [1.82, 2.24) is 10.6 Å². The number of carboxylic acid groups (broad SMARTS) is 1. The summed E-state index contributed by atoms with van der Waals surface area (Å²) in [5.41, 5.74) is -2.02. The number of carboxylic acids is 1. The van der Waals surface area contributed by atoms with Crippen LogP contribution in [0, 0.1) is 22.7 Å². The monoisotopic (exact) mass is 382 g/mol. The zero-order chi connectivity index (χ0) is 20.8. The number of rotatable bonds is 8. The standard InChI is InChI=1S/C21H38N2O4/c1-7-11-14(2)21(19(26)27,15-12-9-8-10-13-15)18(25)23-16(17(24)22-6)20(3,4)5/h14-16H,7-13H2,1-6H3,(H,22,24)(H,23,25)(H,26,27)/t14-,16?,21+/m1/s1. The predicted molar refractivity (Wildman–Crippen MR) is 106 cm³/mol. The van der Waals surface area contributed by atoms with Crippen molar-refractivity contribution in [2.24, 2.45) is 22.7 Å². The fourth-order valence-electron chi connectivity index (χ4n) is 4.58. The van der Waals surface area contributed by atoms with Gasteiger partial charge >= 0.3 is 5.97 Å². The second kappa shape index (κ2) is 9.56. The molecule has 0 aromatic heterocycles. The van der Waals surface area contributed by atoms with Gasteiger partial charge in [-0.15, -0.1) is 0 Å². The van der Waals surface area contributed by atoms with E-state index in [4.69, 9.17) is 0 Å². The Morgan fingerprint density at radius 3 is 2.07 bits per heavy atom. The molecular weight excluding hydrogens is 344 g/mol. The van der Waals surface area contributed by atoms with Gasteiger partial charge in [0.1, 0.15) is 6.04 Å². The second-order valence-corrected chi connectivity index (χ2v) is 9.09. The molecule has 0 spiro atoms. The summed E-state index contributed by atoms with van der Waals surface area (Å²) >= 11 is 0. The van der Waals surface area contributed by atoms with Gasteiger partial charge in [-0.1, -0.05) is 60.3 Å². The third kappa shape index (κ3) is 5.02. The molecule has 0 saturated heterocycles. The van der Waals surface area contributed by atoms with Gasteiger partial charge in [0.2, 0.25) is 11.8 Å². The number of carbonyl (C=O) groups is 3. The average Bonchev–Trinajstić information content (AvgIpc) is 2.59. The van der Waals surface area contributed by atoms with E-state index in [0.717, 1.165) is 38.5 Å². The fourth-order valence-corrected chi connectivity index (χ4v) is 4.58. The molecule has 1 unspecified atom stereocenters. The number of aliphatic carboxylic acids is 1. The van der Waals surface area contributed by atoms with E-state index in [1.165, 1.54) is 7.05 Å². The molecule has 0 heterocycles. The molecule has 3 atom stereocenters. The third-order valence-electron chi connectivity index (χ3n) is 6.13. The Morgan fingerprint density at radius 1 is 1.11 bits per heavy atom. The molecule has 3 N–H and O–H groups in total. The molecule has 156 valence electrons. The molecule has 1 saturated carbocycles. The summed E-state index contributed by atoms with van der Waals surface area (Å²) in [6, 6.07) is -0.786. The van der Waals surface area contributed by atoms with Gasteiger partial charge in [0.05, 0.1) is 0 Å². The van der Waals surface area contributed by atoms with E-state index in [2.05, 4.69) is 10.6 Å². The van der Waals surface area contributed by atoms with Crippen LogP contribution in [0.3, 0.4) is 0 Å². The first kappa shape index (κ1) is 23.4. The first-order chi connectivity index (χ1) is 12.5. The van der Waals surface area contributed by atoms with Crippen LogP contribution in [-0.2, 0) is 14.4 Å². The number of hydrogen-bond donors (Lipinski definition) is 3. The molecule has 1 rings (SSSR count). The Morgan fingerprint density at radius 2 is 1.67 bits per heavy atom. The highest BCUT2D eigenvalue weighted by Gasteiger charge is 2.56. The molecule has 0 aromatic carbocycles. The van der Waals surface area contributed by atoms with Crippen LogP contribution in [0.5, 0.6) is 0 Å². The maximum atomic E-state index is 13.5. The molecule has 0 radical (unpaired) electrons. The second-order valence-electron chi connectivity index (χ2n) is 9.09. The smallest absolute Gasteiger partial charge is 0.319 e. The molecule has 0 bridgehead atoms. The molecular formula is C21H38N2O4. The van der Waals surface area contributed by atoms with Gasteiger partial charge in [-0.3, -0.25) is 14.4 Å². The highest BCUT2D eigenvalue weighted by atomic mass is 16.4. The van der Waals surface area contributed by atoms with Crippen molar-refractivity contribution in [2.45, 2.75) is 85.6 Å². The lowest BCUT2D eigenvalue weighted by atomic mass is 9.60. The van der Waals surface area contributed by atoms with E-state index in [1.807, 2.05) is 34.6 Å². The van der Waals surface area contributed by atoms with E-state index in [-0.39, 0.29) is 17.7 Å². The van der Waals surface area contributed by atoms with Crippen molar-refractivity contribution in [2.75, 3.05) is 7.05 Å². The van der Waals surface area contributed by atoms with Crippen molar-refractivity contribution >= 4 is 17.8 Å². The Labute approximate surface area is 163 Å². The minimum Gasteiger partial charge on any atom is -0.480 e. The molecule has 6 nitrogen and oxygen atoms in total. The van der Waals surface area contributed by atoms with E-state index in [1.54, 1.807) is 0 Å². The fraction of sp³-hybridized carbons (Fsp3) is 0.857. The largest absolute Gasteiger partial charge is 0.480 e. The first-order valence-electron chi connectivity index (χ1n) is 10.3. The van der Waals surface area contributed by atoms with Gasteiger partial charge in [0.25, 0.3) is 0 Å². The minimum atomic E-state index is -1.49. The van der Waals surface area contributed by atoms with Crippen molar-refractivity contribution in [3.05, 3.63) is 0 Å². The van der Waals surface area contributed by atoms with Crippen molar-refractivity contribution < 1.29 is 19.5 Å². The van der Waals surface area contributed by atoms with Crippen molar-refractivity contribution in [3.8, 4) is 0 Å². The number of carbonyl (C=O) groups excluding carboxylic acids is 2. The van der Waals surface area contributed by atoms with E-state index in [9.17, 15) is 19.5 Å². The molecule has 1 aliphatic carbocycles. The lowest BCUT2D eigenvalue weighted by molar-refractivity contribution is -0.168. The van der Waals surface area contributed by atoms with Gasteiger partial charge in [-0.05, 0) is 36.5 Å². The Hall–Kier alpha value is -1.59. The van der Waals surface area contributed by atoms with Crippen LogP contribution >= 0.6 is 0 Å². The van der Waals surface area contributed by atoms with E-state index < -0.39 is 28.7 Å². The van der Waals surface area contributed by atoms with Crippen LogP contribution in [0.25, 0.3) is 0 Å². The van der Waals surface area contributed by atoms with E-state index >= 15 is 0 Å². The highest BCUT2D eigenvalue weighted by Crippen LogP contribution is 2.46. The summed E-state index contributed by atoms with van der Waals surface area (Å²) in [6.45, 7) is 9.48. The summed E-state index contributed by atoms with van der Waals surface area (Å²) in [4.78, 5) is 38.5. The van der Waals surface area contributed by atoms with Crippen LogP contribution in [0.2, 0.25) is 0 Å². The summed E-state index contributed by atoms with van der Waals surface area (Å²) in [5, 5.41) is 15.7. The van der Waals surface area contributed by atoms with Gasteiger partial charge in [0, 0.05) is 7.05 Å². The van der Waals surface area contributed by atoms with Gasteiger partial charge < -0.3 is 15.7 Å². The van der Waals surface area contributed by atoms with Crippen LogP contribution < -0.4 is 10.6 Å². The maximum absolute atomic E-state index is 13.5. The number of amides is 2. The summed E-state index contributed by atoms with van der Waals surface area (Å²) < 4.78 is 0. The average molecular weight is 383 g/mol. The van der Waals surface area contributed by atoms with E-state index in [0.29, 0.717) is 6.42 Å². The zero-order valence-corrected chi connectivity index (χ0v) is 17.9. The number of nitrogens with one attached hydrogen (secondary N) is 2. The van der Waals surface area contributed by atoms with Gasteiger partial charge in [-0.2, -0.15) is 0 Å². The number of hydrogen-bond acceptors (Lipinski definition) is 3. The zero-order valence-electron chi connectivity index (χ0n) is 17.9. The highest BCUT2D eigenvalue weighted by molar-refractivity contribution is 6.04. The molecule has 0 aliphatic heterocycles. The lowest BCUT2D eigenvalue weighted by Crippen LogP contribution is -2.61. The molecule has 6 heteroatoms. The van der Waals surface area contributed by atoms with Gasteiger partial charge in [-0.25, -0.2) is 0 Å². The van der Waals surface area contributed by atoms with Crippen LogP contribution in [0.15, 0.2) is 0 Å². The summed E-state index contributed by atoms with van der Waals surface area (Å²) in [6.07, 6.45) is 5.94. The molecule has 2 amide bonds. The minimum absolute atomic E-state index is 0.199. The normalized spacial score (nSPS) is 20.2. The molecule has 1 fully saturated rings. The SMILES string of the molecule is CCC[C@@H](C)[C@@](C(=O)O)(C(=O)NC(C(=O)NC)C(C)(C)C)C1CCCCC1. The van der Waals surface area contributed by atoms with Crippen LogP contribution in [0.4, 0.5) is 0 Å². The first-order valence-corrected chi connectivity index (χ1v) is 10.3. The Balaban J connectivity index is 3.36. The maximum Gasteiger partial charge on any atom is 0.319 e. The van der Waals surface area contributed by atoms with Gasteiger partial charge in [0.15, 0.2) is 5.41 Å². The summed E-state index contributed by atoms with van der Waals surface area (Å²) in [5.74, 6) is -2.37. The molecule has 27 heavy (non-hydrogen) atoms. The Bertz CT molecular complexity index is 535. The topological polar surface area (TPSA) is 95.5 Å². The van der Waals surface area contributed by atoms with Crippen LogP contribution in [-0.4, -0.2) is 36.0 Å². The number of likely N-dealkylation sites (N-methyl/N-ethyl adjacent to an activating group) is 1. The quantitative estimate of drug-likeness (QED) is 0.561. The third-order valence-corrected chi connectivity index (χ3v) is 6.13. The Kier molecular flexibility index (Phi) is 8.30. The summed E-state index contributed by atoms with van der Waals surface area (Å²) in [7, 11) is 1.53. The lowest BCUT2D eigenvalue weighted by Gasteiger charge is -2.43. The predicted octanol–water partition coefficient (Wildman–Crippen LogP) is 3.35. The van der Waals surface area contributed by atoms with Crippen LogP contribution in [0.1, 0.15) is 79.6 Å². The molecule has 0 aromatic rings. The molecule has 1 aliphatic rings.